The lowest BCUT2D eigenvalue weighted by molar-refractivity contribution is -0.129. The number of nitrogens with one attached hydrogen (secondary N) is 1. The average Bonchev–Trinajstić information content (AvgIpc) is 3.38. The number of aryl methyl sites for hydroxylation is 1. The summed E-state index contributed by atoms with van der Waals surface area (Å²) in [6, 6.07) is 13.9. The number of rotatable bonds is 6. The lowest BCUT2D eigenvalue weighted by Gasteiger charge is -2.23. The number of aromatic carboxylic acids is 1. The number of carbonyl (C=O) groups is 3. The molecule has 1 saturated carbocycles. The van der Waals surface area contributed by atoms with Gasteiger partial charge in [-0.15, -0.1) is 0 Å². The third-order valence-corrected chi connectivity index (χ3v) is 6.85. The number of carboxylic acid groups (broad SMARTS) is 1. The van der Waals surface area contributed by atoms with Crippen molar-refractivity contribution in [3.8, 4) is 0 Å². The molecule has 2 aromatic rings. The summed E-state index contributed by atoms with van der Waals surface area (Å²) in [6.07, 6.45) is 4.12. The van der Waals surface area contributed by atoms with Gasteiger partial charge < -0.3 is 10.4 Å². The molecular weight excluding hydrogens is 426 g/mol. The summed E-state index contributed by atoms with van der Waals surface area (Å²) in [7, 11) is 0. The van der Waals surface area contributed by atoms with Gasteiger partial charge in [0.2, 0.25) is 11.8 Å². The standard InChI is InChI=1S/C24H25N3O4S/c1-15-6-10-18(11-7-15)26-24-27(19-4-2-3-5-19)22(29)20(32-24)14-21(28)25-17-12-8-16(9-13-17)23(30)31/h6-13,19-20H,2-5,14H2,1H3,(H,25,28)(H,30,31). The summed E-state index contributed by atoms with van der Waals surface area (Å²) in [5.74, 6) is -1.38. The maximum Gasteiger partial charge on any atom is 0.335 e. The third-order valence-electron chi connectivity index (χ3n) is 5.70. The van der Waals surface area contributed by atoms with Gasteiger partial charge in [0.1, 0.15) is 5.25 Å². The van der Waals surface area contributed by atoms with E-state index < -0.39 is 11.2 Å². The molecule has 32 heavy (non-hydrogen) atoms. The minimum atomic E-state index is -1.02. The Labute approximate surface area is 190 Å². The highest BCUT2D eigenvalue weighted by Crippen LogP contribution is 2.37. The predicted octanol–water partition coefficient (Wildman–Crippen LogP) is 4.60. The molecule has 2 aromatic carbocycles. The fraction of sp³-hybridized carbons (Fsp3) is 0.333. The van der Waals surface area contributed by atoms with Gasteiger partial charge in [-0.2, -0.15) is 0 Å². The number of aliphatic imine (C=N–C) groups is 1. The summed E-state index contributed by atoms with van der Waals surface area (Å²) in [4.78, 5) is 43.4. The highest BCUT2D eigenvalue weighted by atomic mass is 32.2. The van der Waals surface area contributed by atoms with Crippen LogP contribution in [0.4, 0.5) is 11.4 Å². The molecule has 166 valence electrons. The molecule has 2 N–H and O–H groups in total. The molecule has 1 aliphatic heterocycles. The fourth-order valence-electron chi connectivity index (χ4n) is 4.00. The molecule has 2 fully saturated rings. The van der Waals surface area contributed by atoms with Crippen molar-refractivity contribution >= 4 is 46.1 Å². The first-order valence-corrected chi connectivity index (χ1v) is 11.6. The van der Waals surface area contributed by atoms with Crippen LogP contribution in [-0.4, -0.2) is 44.2 Å². The second-order valence-corrected chi connectivity index (χ2v) is 9.29. The average molecular weight is 452 g/mol. The largest absolute Gasteiger partial charge is 0.478 e. The Kier molecular flexibility index (Phi) is 6.60. The minimum Gasteiger partial charge on any atom is -0.478 e. The van der Waals surface area contributed by atoms with E-state index in [1.54, 1.807) is 17.0 Å². The van der Waals surface area contributed by atoms with Crippen molar-refractivity contribution in [2.24, 2.45) is 4.99 Å². The first-order chi connectivity index (χ1) is 15.4. The van der Waals surface area contributed by atoms with Gasteiger partial charge in [-0.1, -0.05) is 42.3 Å². The molecule has 0 bridgehead atoms. The Hall–Kier alpha value is -3.13. The molecule has 1 saturated heterocycles. The van der Waals surface area contributed by atoms with Gasteiger partial charge >= 0.3 is 5.97 Å². The van der Waals surface area contributed by atoms with E-state index in [1.165, 1.54) is 23.9 Å². The van der Waals surface area contributed by atoms with Crippen LogP contribution in [-0.2, 0) is 9.59 Å². The SMILES string of the molecule is Cc1ccc(N=C2SC(CC(=O)Nc3ccc(C(=O)O)cc3)C(=O)N2C2CCCC2)cc1. The number of anilines is 1. The highest BCUT2D eigenvalue weighted by molar-refractivity contribution is 8.15. The number of benzene rings is 2. The molecule has 0 spiro atoms. The first-order valence-electron chi connectivity index (χ1n) is 10.7. The summed E-state index contributed by atoms with van der Waals surface area (Å²) < 4.78 is 0. The molecule has 0 aromatic heterocycles. The molecule has 0 radical (unpaired) electrons. The molecule has 2 amide bonds. The normalized spacial score (nSPS) is 20.2. The van der Waals surface area contributed by atoms with Crippen LogP contribution >= 0.6 is 11.8 Å². The van der Waals surface area contributed by atoms with Crippen molar-refractivity contribution < 1.29 is 19.5 Å². The molecule has 7 nitrogen and oxygen atoms in total. The lowest BCUT2D eigenvalue weighted by Crippen LogP contribution is -2.40. The monoisotopic (exact) mass is 451 g/mol. The van der Waals surface area contributed by atoms with Crippen LogP contribution in [0.1, 0.15) is 48.0 Å². The maximum absolute atomic E-state index is 13.2. The number of carboxylic acids is 1. The van der Waals surface area contributed by atoms with E-state index in [1.807, 2.05) is 31.2 Å². The Morgan fingerprint density at radius 2 is 1.75 bits per heavy atom. The number of hydrogen-bond donors (Lipinski definition) is 2. The Balaban J connectivity index is 1.48. The molecular formula is C24H25N3O4S. The molecule has 1 aliphatic carbocycles. The Morgan fingerprint density at radius 1 is 1.09 bits per heavy atom. The molecule has 4 rings (SSSR count). The fourth-order valence-corrected chi connectivity index (χ4v) is 5.21. The van der Waals surface area contributed by atoms with E-state index in [0.717, 1.165) is 36.9 Å². The highest BCUT2D eigenvalue weighted by Gasteiger charge is 2.43. The van der Waals surface area contributed by atoms with Crippen LogP contribution in [0, 0.1) is 6.92 Å². The Morgan fingerprint density at radius 3 is 2.38 bits per heavy atom. The van der Waals surface area contributed by atoms with Gasteiger partial charge in [0.25, 0.3) is 0 Å². The van der Waals surface area contributed by atoms with Crippen LogP contribution in [0.5, 0.6) is 0 Å². The second kappa shape index (κ2) is 9.56. The zero-order chi connectivity index (χ0) is 22.7. The first kappa shape index (κ1) is 22.1. The van der Waals surface area contributed by atoms with Crippen molar-refractivity contribution in [2.75, 3.05) is 5.32 Å². The zero-order valence-corrected chi connectivity index (χ0v) is 18.6. The van der Waals surface area contributed by atoms with Gasteiger partial charge in [-0.05, 0) is 56.2 Å². The van der Waals surface area contributed by atoms with Crippen molar-refractivity contribution in [3.63, 3.8) is 0 Å². The zero-order valence-electron chi connectivity index (χ0n) is 17.8. The second-order valence-electron chi connectivity index (χ2n) is 8.12. The number of carbonyl (C=O) groups excluding carboxylic acids is 2. The number of amides is 2. The smallest absolute Gasteiger partial charge is 0.335 e. The number of thioether (sulfide) groups is 1. The van der Waals surface area contributed by atoms with Gasteiger partial charge in [0, 0.05) is 18.2 Å². The summed E-state index contributed by atoms with van der Waals surface area (Å²) in [5.41, 5.74) is 2.57. The van der Waals surface area contributed by atoms with E-state index in [4.69, 9.17) is 10.1 Å². The summed E-state index contributed by atoms with van der Waals surface area (Å²) >= 11 is 1.35. The number of nitrogens with zero attached hydrogens (tertiary/aromatic N) is 2. The maximum atomic E-state index is 13.2. The van der Waals surface area contributed by atoms with E-state index in [2.05, 4.69) is 5.32 Å². The molecule has 1 heterocycles. The van der Waals surface area contributed by atoms with Gasteiger partial charge in [0.05, 0.1) is 11.3 Å². The van der Waals surface area contributed by atoms with E-state index in [0.29, 0.717) is 10.9 Å². The summed E-state index contributed by atoms with van der Waals surface area (Å²) in [6.45, 7) is 2.01. The van der Waals surface area contributed by atoms with Crippen molar-refractivity contribution in [1.82, 2.24) is 4.90 Å². The quantitative estimate of drug-likeness (QED) is 0.669. The van der Waals surface area contributed by atoms with Gasteiger partial charge in [0.15, 0.2) is 5.17 Å². The number of amidine groups is 1. The van der Waals surface area contributed by atoms with Crippen LogP contribution in [0.2, 0.25) is 0 Å². The molecule has 1 unspecified atom stereocenters. The van der Waals surface area contributed by atoms with Crippen LogP contribution in [0.3, 0.4) is 0 Å². The van der Waals surface area contributed by atoms with Crippen LogP contribution in [0.15, 0.2) is 53.5 Å². The van der Waals surface area contributed by atoms with Crippen molar-refractivity contribution in [2.45, 2.75) is 50.3 Å². The lowest BCUT2D eigenvalue weighted by atomic mass is 10.1. The predicted molar refractivity (Wildman–Crippen MR) is 125 cm³/mol. The van der Waals surface area contributed by atoms with E-state index in [-0.39, 0.29) is 29.8 Å². The number of hydrogen-bond acceptors (Lipinski definition) is 5. The molecule has 2 aliphatic rings. The third kappa shape index (κ3) is 5.02. The minimum absolute atomic E-state index is 0.0281. The van der Waals surface area contributed by atoms with Gasteiger partial charge in [-0.25, -0.2) is 9.79 Å². The van der Waals surface area contributed by atoms with Crippen LogP contribution in [0.25, 0.3) is 0 Å². The van der Waals surface area contributed by atoms with Crippen LogP contribution < -0.4 is 5.32 Å². The summed E-state index contributed by atoms with van der Waals surface area (Å²) in [5, 5.41) is 11.9. The van der Waals surface area contributed by atoms with Crippen molar-refractivity contribution in [1.29, 1.82) is 0 Å². The van der Waals surface area contributed by atoms with E-state index in [9.17, 15) is 14.4 Å². The Bertz CT molecular complexity index is 1040. The van der Waals surface area contributed by atoms with Gasteiger partial charge in [-0.3, -0.25) is 14.5 Å². The van der Waals surface area contributed by atoms with Crippen molar-refractivity contribution in [3.05, 3.63) is 59.7 Å². The topological polar surface area (TPSA) is 99.1 Å². The van der Waals surface area contributed by atoms with E-state index >= 15 is 0 Å². The molecule has 1 atom stereocenters. The molecule has 8 heteroatoms.